The highest BCUT2D eigenvalue weighted by atomic mass is 15.3. The number of benzene rings is 1. The van der Waals surface area contributed by atoms with E-state index in [-0.39, 0.29) is 16.4 Å². The molecule has 0 radical (unpaired) electrons. The molecule has 3 atom stereocenters. The second kappa shape index (κ2) is 7.39. The van der Waals surface area contributed by atoms with Gasteiger partial charge < -0.3 is 4.90 Å². The van der Waals surface area contributed by atoms with Crippen molar-refractivity contribution >= 4 is 0 Å². The van der Waals surface area contributed by atoms with Crippen LogP contribution in [0, 0.1) is 11.3 Å². The first-order chi connectivity index (χ1) is 13.1. The third kappa shape index (κ3) is 3.46. The van der Waals surface area contributed by atoms with Crippen LogP contribution in [0.15, 0.2) is 53.8 Å². The smallest absolute Gasteiger partial charge is 0.0435 e. The molecule has 28 heavy (non-hydrogen) atoms. The summed E-state index contributed by atoms with van der Waals surface area (Å²) in [4.78, 5) is 2.89. The molecule has 1 fully saturated rings. The predicted molar refractivity (Wildman–Crippen MR) is 122 cm³/mol. The third-order valence-corrected chi connectivity index (χ3v) is 7.16. The van der Waals surface area contributed by atoms with Crippen molar-refractivity contribution in [3.8, 4) is 0 Å². The number of hydrogen-bond acceptors (Lipinski definition) is 1. The summed E-state index contributed by atoms with van der Waals surface area (Å²) >= 11 is 0. The number of allylic oxidation sites excluding steroid dienone is 4. The molecule has 0 amide bonds. The molecule has 0 N–H and O–H groups in total. The van der Waals surface area contributed by atoms with Crippen molar-refractivity contribution in [1.82, 2.24) is 4.90 Å². The molecule has 3 rings (SSSR count). The zero-order valence-corrected chi connectivity index (χ0v) is 19.5. The van der Waals surface area contributed by atoms with Gasteiger partial charge in [-0.2, -0.15) is 0 Å². The van der Waals surface area contributed by atoms with Gasteiger partial charge in [-0.1, -0.05) is 84.0 Å². The highest BCUT2D eigenvalue weighted by Gasteiger charge is 2.58. The van der Waals surface area contributed by atoms with Gasteiger partial charge in [0.05, 0.1) is 0 Å². The molecule has 1 aliphatic heterocycles. The van der Waals surface area contributed by atoms with Crippen LogP contribution in [0.4, 0.5) is 0 Å². The molecule has 1 heteroatoms. The Bertz CT molecular complexity index is 746. The van der Waals surface area contributed by atoms with Crippen molar-refractivity contribution in [2.24, 2.45) is 11.3 Å². The summed E-state index contributed by atoms with van der Waals surface area (Å²) in [5.41, 5.74) is 5.13. The fraction of sp³-hybridized carbons (Fsp3) is 0.630. The monoisotopic (exact) mass is 379 g/mol. The summed E-state index contributed by atoms with van der Waals surface area (Å²) in [6, 6.07) is 11.7. The van der Waals surface area contributed by atoms with E-state index in [2.05, 4.69) is 103 Å². The Morgan fingerprint density at radius 3 is 2.21 bits per heavy atom. The maximum absolute atomic E-state index is 2.89. The van der Waals surface area contributed by atoms with E-state index in [1.165, 1.54) is 24.8 Å². The fourth-order valence-electron chi connectivity index (χ4n) is 6.45. The number of rotatable bonds is 4. The van der Waals surface area contributed by atoms with E-state index >= 15 is 0 Å². The molecule has 154 valence electrons. The minimum absolute atomic E-state index is 0.133. The van der Waals surface area contributed by atoms with Crippen molar-refractivity contribution in [2.75, 3.05) is 0 Å². The molecule has 2 aliphatic rings. The molecule has 3 unspecified atom stereocenters. The first-order valence-electron chi connectivity index (χ1n) is 11.3. The molecule has 1 aromatic carbocycles. The highest BCUT2D eigenvalue weighted by Crippen LogP contribution is 2.57. The van der Waals surface area contributed by atoms with E-state index in [0.717, 1.165) is 6.42 Å². The van der Waals surface area contributed by atoms with Gasteiger partial charge in [-0.3, -0.25) is 0 Å². The Hall–Kier alpha value is -1.50. The summed E-state index contributed by atoms with van der Waals surface area (Å²) in [7, 11) is 0. The van der Waals surface area contributed by atoms with E-state index in [1.54, 1.807) is 11.3 Å². The van der Waals surface area contributed by atoms with Crippen LogP contribution in [0.3, 0.4) is 0 Å². The van der Waals surface area contributed by atoms with Gasteiger partial charge in [0, 0.05) is 28.6 Å². The Balaban J connectivity index is 2.24. The number of hydrogen-bond donors (Lipinski definition) is 0. The summed E-state index contributed by atoms with van der Waals surface area (Å²) in [5, 5.41) is 0. The largest absolute Gasteiger partial charge is 0.365 e. The van der Waals surface area contributed by atoms with Gasteiger partial charge in [0.15, 0.2) is 0 Å². The maximum Gasteiger partial charge on any atom is 0.0435 e. The number of nitrogens with zero attached hydrogens (tertiary/aromatic N) is 1. The number of likely N-dealkylation sites (tertiary alicyclic amines) is 1. The van der Waals surface area contributed by atoms with Crippen molar-refractivity contribution in [3.63, 3.8) is 0 Å². The first kappa shape index (κ1) is 21.2. The van der Waals surface area contributed by atoms with Gasteiger partial charge in [-0.05, 0) is 56.1 Å². The fourth-order valence-corrected chi connectivity index (χ4v) is 6.45. The van der Waals surface area contributed by atoms with Crippen LogP contribution >= 0.6 is 0 Å². The Kier molecular flexibility index (Phi) is 5.60. The molecule has 1 nitrogen and oxygen atoms in total. The van der Waals surface area contributed by atoms with Crippen molar-refractivity contribution in [2.45, 2.75) is 98.1 Å². The van der Waals surface area contributed by atoms with Crippen molar-refractivity contribution in [1.29, 1.82) is 0 Å². The molecule has 0 saturated carbocycles. The summed E-state index contributed by atoms with van der Waals surface area (Å²) in [6.45, 7) is 19.5. The van der Waals surface area contributed by atoms with Gasteiger partial charge in [0.2, 0.25) is 0 Å². The van der Waals surface area contributed by atoms with Crippen LogP contribution in [0.2, 0.25) is 0 Å². The van der Waals surface area contributed by atoms with Crippen molar-refractivity contribution < 1.29 is 0 Å². The quantitative estimate of drug-likeness (QED) is 0.523. The van der Waals surface area contributed by atoms with Crippen LogP contribution in [-0.2, 0) is 5.41 Å². The van der Waals surface area contributed by atoms with Crippen LogP contribution in [0.25, 0.3) is 0 Å². The summed E-state index contributed by atoms with van der Waals surface area (Å²) in [6.07, 6.45) is 9.52. The SMILES string of the molecule is CCC1=C(N2C(C(C)(C)C)C(C)(c3ccccc3)CC2(C)C)C(CC)CC=C1. The van der Waals surface area contributed by atoms with Crippen LogP contribution in [0.1, 0.15) is 86.6 Å². The lowest BCUT2D eigenvalue weighted by Crippen LogP contribution is -2.53. The highest BCUT2D eigenvalue weighted by molar-refractivity contribution is 5.39. The van der Waals surface area contributed by atoms with E-state index in [9.17, 15) is 0 Å². The zero-order valence-electron chi connectivity index (χ0n) is 19.5. The van der Waals surface area contributed by atoms with Crippen molar-refractivity contribution in [3.05, 3.63) is 59.3 Å². The molecular formula is C27H41N. The lowest BCUT2D eigenvalue weighted by molar-refractivity contribution is 0.0704. The first-order valence-corrected chi connectivity index (χ1v) is 11.3. The lowest BCUT2D eigenvalue weighted by atomic mass is 9.66. The predicted octanol–water partition coefficient (Wildman–Crippen LogP) is 7.49. The van der Waals surface area contributed by atoms with Gasteiger partial charge in [-0.25, -0.2) is 0 Å². The molecule has 0 spiro atoms. The Morgan fingerprint density at radius 1 is 1.04 bits per heavy atom. The van der Waals surface area contributed by atoms with Gasteiger partial charge in [-0.15, -0.1) is 0 Å². The standard InChI is InChI=1S/C27H41N/c1-9-20-15-14-16-21(10-2)23(20)28-24(25(3,4)5)27(8,19-26(28,6)7)22-17-12-11-13-18-22/h11-15,17-18,21,24H,9-10,16,19H2,1-8H3. The molecule has 1 saturated heterocycles. The molecule has 1 aliphatic carbocycles. The van der Waals surface area contributed by atoms with E-state index in [4.69, 9.17) is 0 Å². The van der Waals surface area contributed by atoms with Gasteiger partial charge >= 0.3 is 0 Å². The second-order valence-electron chi connectivity index (χ2n) is 10.9. The average molecular weight is 380 g/mol. The molecule has 1 heterocycles. The van der Waals surface area contributed by atoms with Crippen LogP contribution in [0.5, 0.6) is 0 Å². The maximum atomic E-state index is 2.89. The third-order valence-electron chi connectivity index (χ3n) is 7.16. The Labute approximate surface area is 173 Å². The average Bonchev–Trinajstić information content (AvgIpc) is 2.87. The van der Waals surface area contributed by atoms with Gasteiger partial charge in [0.25, 0.3) is 0 Å². The topological polar surface area (TPSA) is 3.24 Å². The lowest BCUT2D eigenvalue weighted by Gasteiger charge is -2.50. The Morgan fingerprint density at radius 2 is 1.68 bits per heavy atom. The second-order valence-corrected chi connectivity index (χ2v) is 10.9. The van der Waals surface area contributed by atoms with E-state index < -0.39 is 0 Å². The molecule has 0 aromatic heterocycles. The molecular weight excluding hydrogens is 338 g/mol. The zero-order chi connectivity index (χ0) is 20.7. The van der Waals surface area contributed by atoms with E-state index in [0.29, 0.717) is 12.0 Å². The normalized spacial score (nSPS) is 30.2. The minimum Gasteiger partial charge on any atom is -0.365 e. The van der Waals surface area contributed by atoms with Crippen LogP contribution < -0.4 is 0 Å². The van der Waals surface area contributed by atoms with Crippen LogP contribution in [-0.4, -0.2) is 16.5 Å². The minimum atomic E-state index is 0.133. The molecule has 0 bridgehead atoms. The van der Waals surface area contributed by atoms with E-state index in [1.807, 2.05) is 0 Å². The van der Waals surface area contributed by atoms with Gasteiger partial charge in [0.1, 0.15) is 0 Å². The molecule has 1 aromatic rings. The summed E-state index contributed by atoms with van der Waals surface area (Å²) in [5.74, 6) is 0.641. The summed E-state index contributed by atoms with van der Waals surface area (Å²) < 4.78 is 0.